The standard InChI is InChI=1S/C72H108F2N10O23/c1-51(78-62(87)17-21-97-24-25-99-28-29-101-32-33-103-36-37-105-40-41-107-43-42-106-39-38-104-35-34-102-31-30-100-27-26-98-23-22-96-6)68(92)79-52(2)69(93)81-59(46-61(75)86)71(95)80-58(70(94)77-19-18-76-63(88)49-84-64(89)14-15-65(84)90)16-20-83(66(91)50-85)67(72(3,4)5)60-44-54(56-45-55(73)12-13-57(56)74)48-82(60)47-53-10-8-7-9-11-53/h7-15,44-45,48,51-52,58-59,67,85H,16-43,46-47,49-50H2,1-6H3,(H2,75,86)(H,76,88)(H,77,94)(H,78,87)(H,79,92)(H,80,95)(H,81,93)/t51-,52+,58-,59-,67-/m0/s1. The van der Waals surface area contributed by atoms with Crippen molar-refractivity contribution in [2.45, 2.75) is 90.6 Å². The summed E-state index contributed by atoms with van der Waals surface area (Å²) in [5.74, 6) is -9.90. The monoisotopic (exact) mass is 1520 g/mol. The van der Waals surface area contributed by atoms with E-state index in [1.807, 2.05) is 30.3 Å². The van der Waals surface area contributed by atoms with E-state index >= 15 is 4.39 Å². The van der Waals surface area contributed by atoms with Gasteiger partial charge < -0.3 is 109 Å². The van der Waals surface area contributed by atoms with Gasteiger partial charge in [0.05, 0.1) is 164 Å². The van der Waals surface area contributed by atoms with E-state index in [1.165, 1.54) is 18.7 Å². The largest absolute Gasteiger partial charge is 0.387 e. The van der Waals surface area contributed by atoms with Crippen LogP contribution in [0.25, 0.3) is 11.1 Å². The van der Waals surface area contributed by atoms with Crippen LogP contribution in [0.15, 0.2) is 72.9 Å². The number of nitrogens with zero attached hydrogens (tertiary/aromatic N) is 3. The first-order valence-electron chi connectivity index (χ1n) is 35.4. The van der Waals surface area contributed by atoms with Gasteiger partial charge in [-0.25, -0.2) is 8.78 Å². The van der Waals surface area contributed by atoms with Crippen molar-refractivity contribution < 1.29 is 119 Å². The number of benzene rings is 2. The van der Waals surface area contributed by atoms with Gasteiger partial charge in [-0.3, -0.25) is 52.8 Å². The molecule has 0 spiro atoms. The number of carbonyl (C=O) groups excluding carboxylic acids is 10. The number of halogens is 2. The van der Waals surface area contributed by atoms with E-state index < -0.39 is 139 Å². The molecule has 1 aromatic heterocycles. The summed E-state index contributed by atoms with van der Waals surface area (Å²) in [5, 5.41) is 25.4. The first-order valence-corrected chi connectivity index (χ1v) is 35.4. The summed E-state index contributed by atoms with van der Waals surface area (Å²) in [6.07, 6.45) is 2.22. The minimum Gasteiger partial charge on any atom is -0.387 e. The molecule has 0 bridgehead atoms. The molecule has 3 aromatic rings. The van der Waals surface area contributed by atoms with Gasteiger partial charge in [0.1, 0.15) is 49.0 Å². The Morgan fingerprint density at radius 3 is 1.49 bits per heavy atom. The highest BCUT2D eigenvalue weighted by molar-refractivity contribution is 6.14. The number of primary amides is 1. The first kappa shape index (κ1) is 91.1. The lowest BCUT2D eigenvalue weighted by Gasteiger charge is -2.41. The van der Waals surface area contributed by atoms with Gasteiger partial charge in [-0.1, -0.05) is 51.1 Å². The number of hydrogen-bond donors (Lipinski definition) is 8. The summed E-state index contributed by atoms with van der Waals surface area (Å²) < 4.78 is 97.0. The molecule has 2 heterocycles. The summed E-state index contributed by atoms with van der Waals surface area (Å²) in [4.78, 5) is 134. The van der Waals surface area contributed by atoms with Crippen LogP contribution in [0.4, 0.5) is 8.78 Å². The van der Waals surface area contributed by atoms with Crippen molar-refractivity contribution in [1.82, 2.24) is 46.3 Å². The molecule has 107 heavy (non-hydrogen) atoms. The van der Waals surface area contributed by atoms with E-state index in [0.717, 1.165) is 35.9 Å². The van der Waals surface area contributed by atoms with Crippen molar-refractivity contribution >= 4 is 59.1 Å². The van der Waals surface area contributed by atoms with Gasteiger partial charge in [0.25, 0.3) is 11.8 Å². The van der Waals surface area contributed by atoms with Crippen molar-refractivity contribution in [2.75, 3.05) is 192 Å². The highest BCUT2D eigenvalue weighted by atomic mass is 19.1. The molecule has 0 unspecified atom stereocenters. The number of imide groups is 1. The first-order chi connectivity index (χ1) is 51.4. The molecule has 2 aromatic carbocycles. The average molecular weight is 1520 g/mol. The minimum atomic E-state index is -1.79. The van der Waals surface area contributed by atoms with Crippen LogP contribution in [-0.4, -0.2) is 295 Å². The van der Waals surface area contributed by atoms with Gasteiger partial charge in [-0.15, -0.1) is 0 Å². The second-order valence-corrected chi connectivity index (χ2v) is 25.2. The summed E-state index contributed by atoms with van der Waals surface area (Å²) >= 11 is 0. The number of carbonyl (C=O) groups is 10. The highest BCUT2D eigenvalue weighted by Gasteiger charge is 2.39. The zero-order chi connectivity index (χ0) is 78.2. The Balaban J connectivity index is 1.19. The molecule has 0 radical (unpaired) electrons. The Bertz CT molecular complexity index is 3200. The van der Waals surface area contributed by atoms with Gasteiger partial charge in [0.2, 0.25) is 47.3 Å². The van der Waals surface area contributed by atoms with E-state index in [4.69, 9.17) is 62.6 Å². The molecule has 0 aliphatic carbocycles. The lowest BCUT2D eigenvalue weighted by Crippen LogP contribution is -2.58. The maximum atomic E-state index is 15.5. The summed E-state index contributed by atoms with van der Waals surface area (Å²) in [7, 11) is 1.62. The number of rotatable bonds is 60. The number of amides is 10. The molecule has 5 atom stereocenters. The number of nitrogens with two attached hydrogens (primary N) is 1. The van der Waals surface area contributed by atoms with Crippen molar-refractivity contribution in [3.8, 4) is 11.1 Å². The van der Waals surface area contributed by atoms with Crippen molar-refractivity contribution in [2.24, 2.45) is 11.1 Å². The number of aromatic nitrogens is 1. The van der Waals surface area contributed by atoms with Crippen LogP contribution >= 0.6 is 0 Å². The highest BCUT2D eigenvalue weighted by Crippen LogP contribution is 2.41. The summed E-state index contributed by atoms with van der Waals surface area (Å²) in [6.45, 7) is 14.6. The topological polar surface area (TPSA) is 411 Å². The van der Waals surface area contributed by atoms with Crippen LogP contribution in [-0.2, 0) is 111 Å². The molecule has 0 saturated heterocycles. The predicted octanol–water partition coefficient (Wildman–Crippen LogP) is 0.0107. The fourth-order valence-corrected chi connectivity index (χ4v) is 10.3. The van der Waals surface area contributed by atoms with Gasteiger partial charge in [-0.05, 0) is 55.5 Å². The van der Waals surface area contributed by atoms with Crippen molar-refractivity contribution in [3.05, 3.63) is 95.8 Å². The fraction of sp³-hybridized carbons (Fsp3) is 0.611. The third-order valence-electron chi connectivity index (χ3n) is 15.7. The Kier molecular flexibility index (Phi) is 44.8. The second-order valence-electron chi connectivity index (χ2n) is 25.2. The van der Waals surface area contributed by atoms with Gasteiger partial charge in [-0.2, -0.15) is 0 Å². The van der Waals surface area contributed by atoms with Gasteiger partial charge in [0.15, 0.2) is 0 Å². The quantitative estimate of drug-likeness (QED) is 0.0273. The molecule has 0 fully saturated rings. The van der Waals surface area contributed by atoms with Crippen LogP contribution in [0, 0.1) is 17.0 Å². The number of hydrogen-bond acceptors (Lipinski definition) is 23. The molecular weight excluding hydrogens is 1410 g/mol. The SMILES string of the molecule is COCCOCCOCCOCCOCCOCCOCCOCCOCCOCCOCCOCCC(=O)N[C@@H](C)C(=O)N[C@H](C)C(=O)N[C@@H](CC(N)=O)C(=O)N[C@@H](CCN(C(=O)CO)[C@@H](c1cc(-c2cc(F)ccc2F)cn1Cc1ccccc1)C(C)(C)C)C(=O)NCCNC(=O)CN1C(=O)C=CC1=O. The predicted molar refractivity (Wildman–Crippen MR) is 381 cm³/mol. The Morgan fingerprint density at radius 1 is 0.551 bits per heavy atom. The van der Waals surface area contributed by atoms with E-state index in [-0.39, 0.29) is 63.6 Å². The van der Waals surface area contributed by atoms with Crippen molar-refractivity contribution in [3.63, 3.8) is 0 Å². The maximum absolute atomic E-state index is 15.5. The Labute approximate surface area is 622 Å². The Hall–Kier alpha value is -8.30. The molecule has 1 aliphatic heterocycles. The van der Waals surface area contributed by atoms with Gasteiger partial charge in [0, 0.05) is 74.9 Å². The minimum absolute atomic E-state index is 0.0121. The number of aliphatic hydroxyl groups excluding tert-OH is 1. The lowest BCUT2D eigenvalue weighted by molar-refractivity contribution is -0.141. The lowest BCUT2D eigenvalue weighted by atomic mass is 9.82. The zero-order valence-electron chi connectivity index (χ0n) is 62.0. The van der Waals surface area contributed by atoms with Crippen LogP contribution in [0.2, 0.25) is 0 Å². The zero-order valence-corrected chi connectivity index (χ0v) is 62.0. The molecular formula is C72H108F2N10O23. The molecule has 33 nitrogen and oxygen atoms in total. The van der Waals surface area contributed by atoms with E-state index in [9.17, 15) is 57.4 Å². The Morgan fingerprint density at radius 2 is 1.01 bits per heavy atom. The van der Waals surface area contributed by atoms with Gasteiger partial charge >= 0.3 is 0 Å². The molecule has 1 aliphatic rings. The number of nitrogens with one attached hydrogen (secondary N) is 6. The molecule has 0 saturated carbocycles. The van der Waals surface area contributed by atoms with Crippen LogP contribution < -0.4 is 37.6 Å². The maximum Gasteiger partial charge on any atom is 0.254 e. The summed E-state index contributed by atoms with van der Waals surface area (Å²) in [6, 6.07) is 6.71. The van der Waals surface area contributed by atoms with Crippen molar-refractivity contribution in [1.29, 1.82) is 0 Å². The second kappa shape index (κ2) is 52.7. The van der Waals surface area contributed by atoms with E-state index in [2.05, 4.69) is 31.9 Å². The third-order valence-corrected chi connectivity index (χ3v) is 15.7. The molecule has 35 heteroatoms. The van der Waals surface area contributed by atoms with Crippen LogP contribution in [0.5, 0.6) is 0 Å². The smallest absolute Gasteiger partial charge is 0.254 e. The average Bonchev–Trinajstić information content (AvgIpc) is 1.64. The fourth-order valence-electron chi connectivity index (χ4n) is 10.3. The molecule has 598 valence electrons. The molecule has 4 rings (SSSR count). The van der Waals surface area contributed by atoms with Crippen LogP contribution in [0.3, 0.4) is 0 Å². The van der Waals surface area contributed by atoms with Crippen LogP contribution in [0.1, 0.15) is 71.2 Å². The number of ether oxygens (including phenoxy) is 12. The number of aliphatic hydroxyl groups is 1. The number of methoxy groups -OCH3 is 1. The van der Waals surface area contributed by atoms with E-state index in [1.54, 1.807) is 44.7 Å². The third kappa shape index (κ3) is 37.4. The normalized spacial score (nSPS) is 13.6. The molecule has 9 N–H and O–H groups in total. The molecule has 10 amide bonds. The van der Waals surface area contributed by atoms with E-state index in [0.29, 0.717) is 136 Å². The summed E-state index contributed by atoms with van der Waals surface area (Å²) in [5.41, 5.74) is 6.01.